The second-order valence-electron chi connectivity index (χ2n) is 5.72. The van der Waals surface area contributed by atoms with Crippen LogP contribution in [-0.4, -0.2) is 24.9 Å². The Morgan fingerprint density at radius 2 is 2.17 bits per heavy atom. The van der Waals surface area contributed by atoms with Gasteiger partial charge in [-0.05, 0) is 18.6 Å². The van der Waals surface area contributed by atoms with Crippen LogP contribution in [0.25, 0.3) is 17.0 Å². The van der Waals surface area contributed by atoms with Gasteiger partial charge < -0.3 is 5.32 Å². The Kier molecular flexibility index (Phi) is 3.46. The number of aromatic nitrogens is 4. The fourth-order valence-electron chi connectivity index (χ4n) is 2.84. The van der Waals surface area contributed by atoms with Gasteiger partial charge in [0, 0.05) is 6.20 Å². The number of hydrogen-bond donors (Lipinski definition) is 1. The maximum absolute atomic E-state index is 4.71. The molecule has 0 spiro atoms. The summed E-state index contributed by atoms with van der Waals surface area (Å²) in [6.07, 6.45) is 18.2. The molecule has 4 rings (SSSR count). The molecule has 1 atom stereocenters. The number of anilines is 1. The summed E-state index contributed by atoms with van der Waals surface area (Å²) in [5.41, 5.74) is 2.24. The van der Waals surface area contributed by atoms with Crippen LogP contribution in [0.5, 0.6) is 0 Å². The first-order valence-electron chi connectivity index (χ1n) is 7.80. The normalized spacial score (nSPS) is 19.5. The fourth-order valence-corrected chi connectivity index (χ4v) is 2.84. The molecule has 24 heavy (non-hydrogen) atoms. The van der Waals surface area contributed by atoms with Crippen LogP contribution in [0.1, 0.15) is 6.42 Å². The molecule has 0 radical (unpaired) electrons. The average Bonchev–Trinajstić information content (AvgIpc) is 3.07. The molecule has 3 aromatic heterocycles. The molecule has 0 unspecified atom stereocenters. The maximum atomic E-state index is 4.71. The van der Waals surface area contributed by atoms with E-state index in [4.69, 9.17) is 4.98 Å². The number of pyridine rings is 1. The first-order valence-corrected chi connectivity index (χ1v) is 7.80. The van der Waals surface area contributed by atoms with E-state index in [0.717, 1.165) is 23.5 Å². The van der Waals surface area contributed by atoms with Crippen molar-refractivity contribution < 1.29 is 0 Å². The highest BCUT2D eigenvalue weighted by Crippen LogP contribution is 2.25. The van der Waals surface area contributed by atoms with Crippen LogP contribution in [0.3, 0.4) is 0 Å². The van der Waals surface area contributed by atoms with Crippen LogP contribution >= 0.6 is 0 Å². The lowest BCUT2D eigenvalue weighted by molar-refractivity contribution is 0.711. The van der Waals surface area contributed by atoms with Gasteiger partial charge in [0.2, 0.25) is 0 Å². The lowest BCUT2D eigenvalue weighted by Gasteiger charge is -2.29. The molecular formula is C19H17N5. The van der Waals surface area contributed by atoms with E-state index in [2.05, 4.69) is 34.0 Å². The zero-order valence-corrected chi connectivity index (χ0v) is 13.1. The fraction of sp³-hybridized carbons (Fsp3) is 0.105. The van der Waals surface area contributed by atoms with E-state index in [1.807, 2.05) is 53.2 Å². The van der Waals surface area contributed by atoms with Crippen molar-refractivity contribution >= 4 is 11.5 Å². The molecule has 1 N–H and O–H groups in total. The average molecular weight is 315 g/mol. The van der Waals surface area contributed by atoms with Gasteiger partial charge in [0.1, 0.15) is 17.2 Å². The monoisotopic (exact) mass is 315 g/mol. The minimum absolute atomic E-state index is 0.332. The van der Waals surface area contributed by atoms with Crippen molar-refractivity contribution in [2.24, 2.45) is 0 Å². The lowest BCUT2D eigenvalue weighted by atomic mass is 9.91. The Morgan fingerprint density at radius 3 is 3.00 bits per heavy atom. The topological polar surface area (TPSA) is 55.1 Å². The third-order valence-electron chi connectivity index (χ3n) is 4.14. The maximum Gasteiger partial charge on any atom is 0.146 e. The second kappa shape index (κ2) is 5.77. The van der Waals surface area contributed by atoms with Crippen molar-refractivity contribution in [1.29, 1.82) is 0 Å². The Bertz CT molecular complexity index is 953. The first kappa shape index (κ1) is 14.4. The van der Waals surface area contributed by atoms with E-state index in [0.29, 0.717) is 5.82 Å². The molecule has 0 amide bonds. The molecule has 1 aliphatic rings. The number of nitrogens with zero attached hydrogens (tertiary/aromatic N) is 4. The Hall–Kier alpha value is -3.21. The molecule has 118 valence electrons. The zero-order valence-electron chi connectivity index (χ0n) is 13.1. The van der Waals surface area contributed by atoms with Gasteiger partial charge in [-0.15, -0.1) is 6.58 Å². The van der Waals surface area contributed by atoms with E-state index in [1.54, 1.807) is 12.4 Å². The summed E-state index contributed by atoms with van der Waals surface area (Å²) in [5, 5.41) is 3.44. The minimum Gasteiger partial charge on any atom is -0.356 e. The van der Waals surface area contributed by atoms with Gasteiger partial charge >= 0.3 is 0 Å². The first-order chi connectivity index (χ1) is 11.8. The predicted molar refractivity (Wildman–Crippen MR) is 95.7 cm³/mol. The lowest BCUT2D eigenvalue weighted by Crippen LogP contribution is -2.34. The highest BCUT2D eigenvalue weighted by molar-refractivity contribution is 5.61. The molecule has 0 aromatic carbocycles. The van der Waals surface area contributed by atoms with Gasteiger partial charge in [0.25, 0.3) is 0 Å². The van der Waals surface area contributed by atoms with Crippen LogP contribution in [0.15, 0.2) is 79.9 Å². The van der Waals surface area contributed by atoms with E-state index in [-0.39, 0.29) is 5.54 Å². The molecular weight excluding hydrogens is 298 g/mol. The number of allylic oxidation sites excluding steroid dienone is 2. The van der Waals surface area contributed by atoms with E-state index in [1.165, 1.54) is 0 Å². The molecule has 0 bridgehead atoms. The van der Waals surface area contributed by atoms with Crippen LogP contribution < -0.4 is 5.32 Å². The van der Waals surface area contributed by atoms with Crippen LogP contribution in [-0.2, 0) is 0 Å². The van der Waals surface area contributed by atoms with Gasteiger partial charge in [-0.25, -0.2) is 9.97 Å². The Balaban J connectivity index is 1.70. The van der Waals surface area contributed by atoms with Gasteiger partial charge in [0.05, 0.1) is 29.8 Å². The largest absolute Gasteiger partial charge is 0.356 e. The van der Waals surface area contributed by atoms with Crippen molar-refractivity contribution in [2.45, 2.75) is 12.0 Å². The smallest absolute Gasteiger partial charge is 0.146 e. The molecule has 3 heterocycles. The minimum atomic E-state index is -0.332. The van der Waals surface area contributed by atoms with Crippen molar-refractivity contribution in [3.8, 4) is 11.4 Å². The summed E-state index contributed by atoms with van der Waals surface area (Å²) in [5.74, 6) is 0.707. The van der Waals surface area contributed by atoms with Crippen molar-refractivity contribution in [1.82, 2.24) is 19.4 Å². The van der Waals surface area contributed by atoms with Crippen LogP contribution in [0.4, 0.5) is 5.82 Å². The second-order valence-corrected chi connectivity index (χ2v) is 5.72. The summed E-state index contributed by atoms with van der Waals surface area (Å²) < 4.78 is 2.00. The standard InChI is InChI=1S/C19H17N5/c1-2-19(9-5-3-6-10-19)23-17-14-20-12-15(22-17)16-13-21-18-8-4-7-11-24(16)18/h2-9,11-14H,1,10H2,(H,22,23)/t19-/m0/s1. The number of nitrogens with one attached hydrogen (secondary N) is 1. The zero-order chi connectivity index (χ0) is 16.4. The van der Waals surface area contributed by atoms with Crippen molar-refractivity contribution in [2.75, 3.05) is 5.32 Å². The highest BCUT2D eigenvalue weighted by Gasteiger charge is 2.23. The van der Waals surface area contributed by atoms with Crippen molar-refractivity contribution in [3.63, 3.8) is 0 Å². The van der Waals surface area contributed by atoms with Crippen LogP contribution in [0.2, 0.25) is 0 Å². The molecule has 0 saturated heterocycles. The van der Waals surface area contributed by atoms with Gasteiger partial charge in [0.15, 0.2) is 0 Å². The van der Waals surface area contributed by atoms with E-state index < -0.39 is 0 Å². The molecule has 0 saturated carbocycles. The van der Waals surface area contributed by atoms with Gasteiger partial charge in [-0.2, -0.15) is 0 Å². The number of hydrogen-bond acceptors (Lipinski definition) is 4. The van der Waals surface area contributed by atoms with Crippen LogP contribution in [0, 0.1) is 0 Å². The Labute approximate surface area is 140 Å². The molecule has 0 aliphatic heterocycles. The predicted octanol–water partition coefficient (Wildman–Crippen LogP) is 3.64. The number of fused-ring (bicyclic) bond motifs is 1. The van der Waals surface area contributed by atoms with Crippen molar-refractivity contribution in [3.05, 3.63) is 79.9 Å². The summed E-state index contributed by atoms with van der Waals surface area (Å²) in [7, 11) is 0. The SMILES string of the molecule is C=C[C@]1(Nc2cncc(-c3cnc4ccccn34)n2)C=CC=CC1. The number of imidazole rings is 1. The van der Waals surface area contributed by atoms with E-state index >= 15 is 0 Å². The summed E-state index contributed by atoms with van der Waals surface area (Å²) in [6, 6.07) is 5.90. The third kappa shape index (κ3) is 2.50. The third-order valence-corrected chi connectivity index (χ3v) is 4.14. The van der Waals surface area contributed by atoms with Gasteiger partial charge in [-0.1, -0.05) is 36.4 Å². The number of rotatable bonds is 4. The molecule has 3 aromatic rings. The summed E-state index contributed by atoms with van der Waals surface area (Å²) >= 11 is 0. The molecule has 5 nitrogen and oxygen atoms in total. The molecule has 1 aliphatic carbocycles. The highest BCUT2D eigenvalue weighted by atomic mass is 15.1. The molecule has 0 fully saturated rings. The van der Waals surface area contributed by atoms with E-state index in [9.17, 15) is 0 Å². The van der Waals surface area contributed by atoms with Gasteiger partial charge in [-0.3, -0.25) is 9.38 Å². The Morgan fingerprint density at radius 1 is 1.21 bits per heavy atom. The summed E-state index contributed by atoms with van der Waals surface area (Å²) in [6.45, 7) is 3.96. The molecule has 5 heteroatoms. The quantitative estimate of drug-likeness (QED) is 0.747. The summed E-state index contributed by atoms with van der Waals surface area (Å²) in [4.78, 5) is 13.5.